The first kappa shape index (κ1) is 13.4. The van der Waals surface area contributed by atoms with E-state index in [-0.39, 0.29) is 0 Å². The molecule has 0 aromatic heterocycles. The first-order valence-electron chi connectivity index (χ1n) is 6.20. The van der Waals surface area contributed by atoms with Gasteiger partial charge in [-0.2, -0.15) is 0 Å². The molecule has 1 rings (SSSR count). The van der Waals surface area contributed by atoms with E-state index in [1.54, 1.807) is 0 Å². The summed E-state index contributed by atoms with van der Waals surface area (Å²) in [7, 11) is 1.12. The lowest BCUT2D eigenvalue weighted by Gasteiger charge is -2.23. The minimum absolute atomic E-state index is 0.453. The van der Waals surface area contributed by atoms with Crippen molar-refractivity contribution in [1.29, 1.82) is 0 Å². The fourth-order valence-electron chi connectivity index (χ4n) is 1.90. The van der Waals surface area contributed by atoms with Crippen LogP contribution in [0.15, 0.2) is 24.3 Å². The second-order valence-corrected chi connectivity index (χ2v) is 5.32. The molecule has 0 aliphatic rings. The van der Waals surface area contributed by atoms with Crippen molar-refractivity contribution >= 4 is 15.4 Å². The van der Waals surface area contributed by atoms with E-state index in [1.165, 1.54) is 10.8 Å². The molecule has 0 amide bonds. The lowest BCUT2D eigenvalue weighted by atomic mass is 10.1. The zero-order valence-corrected chi connectivity index (χ0v) is 13.0. The Hall–Kier alpha value is -0.643. The topological polar surface area (TPSA) is 15.3 Å². The predicted octanol–water partition coefficient (Wildman–Crippen LogP) is 0.627. The Bertz CT molecular complexity index is 311. The summed E-state index contributed by atoms with van der Waals surface area (Å²) in [5.41, 5.74) is 1.46. The van der Waals surface area contributed by atoms with Crippen molar-refractivity contribution in [3.05, 3.63) is 29.8 Å². The fourth-order valence-corrected chi connectivity index (χ4v) is 2.69. The number of hydrogen-bond donors (Lipinski definition) is 1. The third-order valence-electron chi connectivity index (χ3n) is 3.17. The van der Waals surface area contributed by atoms with Gasteiger partial charge in [-0.05, 0) is 25.6 Å². The number of nitrogens with one attached hydrogen (secondary N) is 1. The fraction of sp³-hybridized carbons (Fsp3) is 0.538. The summed E-state index contributed by atoms with van der Waals surface area (Å²) in [5.74, 6) is 0. The summed E-state index contributed by atoms with van der Waals surface area (Å²) in [6.07, 6.45) is 0. The molecule has 0 spiro atoms. The van der Waals surface area contributed by atoms with Crippen LogP contribution in [0.5, 0.6) is 0 Å². The molecule has 1 atom stereocenters. The second kappa shape index (κ2) is 6.84. The van der Waals surface area contributed by atoms with Crippen LogP contribution in [-0.2, 0) is 0 Å². The summed E-state index contributed by atoms with van der Waals surface area (Å²) in [5, 5.41) is 5.09. The standard InChI is InChI=1S/C13H24N2Si/c1-4-15(5-2)10-14-11(3)12-8-6-7-9-13(12)16/h6-9,11,14H,4-5,10H2,1-3,16H3. The van der Waals surface area contributed by atoms with E-state index < -0.39 is 0 Å². The minimum atomic E-state index is 0.453. The van der Waals surface area contributed by atoms with Gasteiger partial charge in [-0.25, -0.2) is 0 Å². The van der Waals surface area contributed by atoms with Gasteiger partial charge in [-0.1, -0.05) is 43.3 Å². The predicted molar refractivity (Wildman–Crippen MR) is 75.4 cm³/mol. The number of nitrogens with zero attached hydrogens (tertiary/aromatic N) is 1. The summed E-state index contributed by atoms with van der Waals surface area (Å²) in [4.78, 5) is 2.40. The third kappa shape index (κ3) is 3.74. The summed E-state index contributed by atoms with van der Waals surface area (Å²) < 4.78 is 0. The van der Waals surface area contributed by atoms with Crippen molar-refractivity contribution in [2.24, 2.45) is 0 Å². The molecule has 0 saturated heterocycles. The van der Waals surface area contributed by atoms with E-state index >= 15 is 0 Å². The first-order valence-corrected chi connectivity index (χ1v) is 7.20. The molecule has 0 aliphatic carbocycles. The van der Waals surface area contributed by atoms with Crippen LogP contribution >= 0.6 is 0 Å². The Balaban J connectivity index is 2.52. The van der Waals surface area contributed by atoms with Crippen molar-refractivity contribution in [2.75, 3.05) is 19.8 Å². The maximum absolute atomic E-state index is 3.59. The van der Waals surface area contributed by atoms with Crippen molar-refractivity contribution < 1.29 is 0 Å². The van der Waals surface area contributed by atoms with Gasteiger partial charge in [0.1, 0.15) is 0 Å². The van der Waals surface area contributed by atoms with Gasteiger partial charge in [0.15, 0.2) is 0 Å². The second-order valence-electron chi connectivity index (χ2n) is 4.24. The maximum Gasteiger partial charge on any atom is 0.0484 e. The van der Waals surface area contributed by atoms with Gasteiger partial charge in [0.2, 0.25) is 0 Å². The van der Waals surface area contributed by atoms with E-state index in [0.717, 1.165) is 30.0 Å². The summed E-state index contributed by atoms with van der Waals surface area (Å²) >= 11 is 0. The van der Waals surface area contributed by atoms with E-state index in [0.29, 0.717) is 6.04 Å². The normalized spacial score (nSPS) is 13.2. The number of benzene rings is 1. The van der Waals surface area contributed by atoms with Gasteiger partial charge in [-0.3, -0.25) is 10.2 Å². The molecule has 0 bridgehead atoms. The Morgan fingerprint density at radius 3 is 2.44 bits per heavy atom. The van der Waals surface area contributed by atoms with Crippen LogP contribution in [-0.4, -0.2) is 34.9 Å². The van der Waals surface area contributed by atoms with Gasteiger partial charge < -0.3 is 0 Å². The SMILES string of the molecule is CCN(CC)CNC(C)c1ccccc1[SiH3]. The van der Waals surface area contributed by atoms with E-state index in [2.05, 4.69) is 55.3 Å². The largest absolute Gasteiger partial charge is 0.298 e. The molecule has 1 N–H and O–H groups in total. The van der Waals surface area contributed by atoms with Crippen LogP contribution in [0, 0.1) is 0 Å². The average molecular weight is 236 g/mol. The molecule has 1 aromatic carbocycles. The molecule has 90 valence electrons. The summed E-state index contributed by atoms with van der Waals surface area (Å²) in [6.45, 7) is 9.86. The lowest BCUT2D eigenvalue weighted by Crippen LogP contribution is -2.36. The van der Waals surface area contributed by atoms with Gasteiger partial charge in [0, 0.05) is 23.0 Å². The lowest BCUT2D eigenvalue weighted by molar-refractivity contribution is 0.267. The van der Waals surface area contributed by atoms with E-state index in [4.69, 9.17) is 0 Å². The average Bonchev–Trinajstić information content (AvgIpc) is 2.30. The van der Waals surface area contributed by atoms with E-state index in [9.17, 15) is 0 Å². The highest BCUT2D eigenvalue weighted by Crippen LogP contribution is 2.08. The van der Waals surface area contributed by atoms with Crippen LogP contribution in [0.25, 0.3) is 0 Å². The molecule has 0 saturated carbocycles. The van der Waals surface area contributed by atoms with Crippen LogP contribution < -0.4 is 10.5 Å². The highest BCUT2D eigenvalue weighted by molar-refractivity contribution is 6.33. The van der Waals surface area contributed by atoms with Gasteiger partial charge >= 0.3 is 0 Å². The molecule has 0 aliphatic heterocycles. The number of hydrogen-bond acceptors (Lipinski definition) is 2. The maximum atomic E-state index is 3.59. The van der Waals surface area contributed by atoms with Crippen LogP contribution in [0.4, 0.5) is 0 Å². The Labute approximate surface area is 102 Å². The van der Waals surface area contributed by atoms with Crippen molar-refractivity contribution in [1.82, 2.24) is 10.2 Å². The van der Waals surface area contributed by atoms with Gasteiger partial charge in [-0.15, -0.1) is 0 Å². The summed E-state index contributed by atoms with van der Waals surface area (Å²) in [6, 6.07) is 9.18. The molecular formula is C13H24N2Si. The Kier molecular flexibility index (Phi) is 5.73. The molecule has 3 heteroatoms. The molecule has 0 radical (unpaired) electrons. The van der Waals surface area contributed by atoms with Crippen LogP contribution in [0.2, 0.25) is 0 Å². The Morgan fingerprint density at radius 2 is 1.88 bits per heavy atom. The van der Waals surface area contributed by atoms with Crippen molar-refractivity contribution in [3.8, 4) is 0 Å². The smallest absolute Gasteiger partial charge is 0.0484 e. The van der Waals surface area contributed by atoms with Gasteiger partial charge in [0.05, 0.1) is 0 Å². The molecule has 2 nitrogen and oxygen atoms in total. The molecule has 16 heavy (non-hydrogen) atoms. The Morgan fingerprint density at radius 1 is 1.25 bits per heavy atom. The molecule has 1 unspecified atom stereocenters. The molecular weight excluding hydrogens is 212 g/mol. The van der Waals surface area contributed by atoms with Crippen LogP contribution in [0.1, 0.15) is 32.4 Å². The highest BCUT2D eigenvalue weighted by atomic mass is 28.1. The first-order chi connectivity index (χ1) is 7.69. The monoisotopic (exact) mass is 236 g/mol. The van der Waals surface area contributed by atoms with Crippen molar-refractivity contribution in [2.45, 2.75) is 26.8 Å². The minimum Gasteiger partial charge on any atom is -0.298 e. The van der Waals surface area contributed by atoms with E-state index in [1.807, 2.05) is 0 Å². The quantitative estimate of drug-likeness (QED) is 0.576. The van der Waals surface area contributed by atoms with Gasteiger partial charge in [0.25, 0.3) is 0 Å². The third-order valence-corrected chi connectivity index (χ3v) is 4.08. The molecule has 0 heterocycles. The molecule has 1 aromatic rings. The van der Waals surface area contributed by atoms with Crippen molar-refractivity contribution in [3.63, 3.8) is 0 Å². The zero-order valence-electron chi connectivity index (χ0n) is 11.0. The number of rotatable bonds is 6. The zero-order chi connectivity index (χ0) is 12.0. The highest BCUT2D eigenvalue weighted by Gasteiger charge is 2.07. The molecule has 0 fully saturated rings. The van der Waals surface area contributed by atoms with Crippen LogP contribution in [0.3, 0.4) is 0 Å².